The summed E-state index contributed by atoms with van der Waals surface area (Å²) in [6.45, 7) is 4.13. The Balaban J connectivity index is 2.44. The van der Waals surface area contributed by atoms with Gasteiger partial charge in [0.05, 0.1) is 0 Å². The monoisotopic (exact) mass is 207 g/mol. The zero-order chi connectivity index (χ0) is 11.5. The zero-order valence-corrected chi connectivity index (χ0v) is 9.64. The van der Waals surface area contributed by atoms with Gasteiger partial charge in [-0.05, 0) is 37.1 Å². The average Bonchev–Trinajstić information content (AvgIpc) is 2.29. The van der Waals surface area contributed by atoms with Crippen LogP contribution in [0.1, 0.15) is 11.1 Å². The molecule has 0 saturated carbocycles. The van der Waals surface area contributed by atoms with Crippen LogP contribution in [0.25, 0.3) is 0 Å². The first kappa shape index (κ1) is 10.8. The summed E-state index contributed by atoms with van der Waals surface area (Å²) in [5.74, 6) is 0. The van der Waals surface area contributed by atoms with Crippen LogP contribution < -0.4 is 4.81 Å². The number of anilines is 2. The lowest BCUT2D eigenvalue weighted by molar-refractivity contribution is 1.31. The number of nitrogens with zero attached hydrogens (tertiary/aromatic N) is 1. The van der Waals surface area contributed by atoms with Crippen LogP contribution >= 0.6 is 0 Å². The molecule has 2 radical (unpaired) electrons. The van der Waals surface area contributed by atoms with Gasteiger partial charge in [0.1, 0.15) is 0 Å². The fourth-order valence-corrected chi connectivity index (χ4v) is 1.80. The Morgan fingerprint density at radius 1 is 0.750 bits per heavy atom. The van der Waals surface area contributed by atoms with Gasteiger partial charge in [-0.2, -0.15) is 0 Å². The second-order valence-electron chi connectivity index (χ2n) is 3.94. The van der Waals surface area contributed by atoms with Crippen LogP contribution in [0.2, 0.25) is 0 Å². The van der Waals surface area contributed by atoms with Gasteiger partial charge in [0.25, 0.3) is 0 Å². The van der Waals surface area contributed by atoms with E-state index in [9.17, 15) is 0 Å². The molecular formula is C14H14BN. The highest BCUT2D eigenvalue weighted by Gasteiger charge is 2.07. The highest BCUT2D eigenvalue weighted by Crippen LogP contribution is 2.28. The van der Waals surface area contributed by atoms with Gasteiger partial charge in [0.15, 0.2) is 0 Å². The lowest BCUT2D eigenvalue weighted by Crippen LogP contribution is -2.14. The van der Waals surface area contributed by atoms with Crippen molar-refractivity contribution in [2.75, 3.05) is 4.81 Å². The molecule has 2 aromatic carbocycles. The lowest BCUT2D eigenvalue weighted by atomic mass is 10.1. The summed E-state index contributed by atoms with van der Waals surface area (Å²) in [7, 11) is 6.15. The van der Waals surface area contributed by atoms with Crippen LogP contribution in [0.5, 0.6) is 0 Å². The molecule has 0 heterocycles. The van der Waals surface area contributed by atoms with Crippen LogP contribution in [0.3, 0.4) is 0 Å². The van der Waals surface area contributed by atoms with Gasteiger partial charge in [-0.15, -0.1) is 0 Å². The average molecular weight is 207 g/mol. The molecule has 0 aliphatic rings. The summed E-state index contributed by atoms with van der Waals surface area (Å²) >= 11 is 0. The van der Waals surface area contributed by atoms with Gasteiger partial charge in [0, 0.05) is 11.4 Å². The van der Waals surface area contributed by atoms with E-state index in [1.54, 1.807) is 4.81 Å². The smallest absolute Gasteiger partial charge is 0.234 e. The third kappa shape index (κ3) is 1.96. The summed E-state index contributed by atoms with van der Waals surface area (Å²) in [6.07, 6.45) is 0. The van der Waals surface area contributed by atoms with Crippen LogP contribution in [-0.2, 0) is 0 Å². The molecule has 2 aromatic rings. The van der Waals surface area contributed by atoms with E-state index < -0.39 is 0 Å². The maximum atomic E-state index is 6.15. The van der Waals surface area contributed by atoms with Gasteiger partial charge < -0.3 is 4.81 Å². The van der Waals surface area contributed by atoms with Gasteiger partial charge >= 0.3 is 0 Å². The normalized spacial score (nSPS) is 10.1. The largest absolute Gasteiger partial charge is 0.397 e. The van der Waals surface area contributed by atoms with Crippen molar-refractivity contribution < 1.29 is 0 Å². The number of rotatable bonds is 2. The Labute approximate surface area is 98.2 Å². The third-order valence-corrected chi connectivity index (χ3v) is 2.75. The first-order valence-corrected chi connectivity index (χ1v) is 5.36. The topological polar surface area (TPSA) is 3.24 Å². The summed E-state index contributed by atoms with van der Waals surface area (Å²) in [5.41, 5.74) is 4.43. The Bertz CT molecular complexity index is 448. The van der Waals surface area contributed by atoms with E-state index in [0.717, 1.165) is 11.4 Å². The standard InChI is InChI=1S/C14H14BN/c1-11-7-3-5-9-13(11)16(15)14-10-6-4-8-12(14)2/h3-10H,1-2H3. The minimum Gasteiger partial charge on any atom is -0.397 e. The van der Waals surface area contributed by atoms with Crippen molar-refractivity contribution in [1.82, 2.24) is 0 Å². The molecule has 2 rings (SSSR count). The number of benzene rings is 2. The zero-order valence-electron chi connectivity index (χ0n) is 9.64. The molecule has 2 heteroatoms. The number of aryl methyl sites for hydroxylation is 2. The van der Waals surface area contributed by atoms with Gasteiger partial charge in [-0.1, -0.05) is 36.4 Å². The van der Waals surface area contributed by atoms with Crippen LogP contribution in [0.15, 0.2) is 48.5 Å². The second kappa shape index (κ2) is 4.44. The predicted octanol–water partition coefficient (Wildman–Crippen LogP) is 3.53. The van der Waals surface area contributed by atoms with Crippen LogP contribution in [-0.4, -0.2) is 7.98 Å². The first-order valence-electron chi connectivity index (χ1n) is 5.36. The van der Waals surface area contributed by atoms with E-state index >= 15 is 0 Å². The summed E-state index contributed by atoms with van der Waals surface area (Å²) < 4.78 is 0. The first-order chi connectivity index (χ1) is 7.70. The van der Waals surface area contributed by atoms with Crippen LogP contribution in [0.4, 0.5) is 11.4 Å². The molecule has 0 atom stereocenters. The second-order valence-corrected chi connectivity index (χ2v) is 3.94. The molecule has 0 aliphatic carbocycles. The summed E-state index contributed by atoms with van der Waals surface area (Å²) in [5, 5.41) is 0. The Morgan fingerprint density at radius 2 is 1.12 bits per heavy atom. The number of hydrogen-bond donors (Lipinski definition) is 0. The Morgan fingerprint density at radius 3 is 1.50 bits per heavy atom. The van der Waals surface area contributed by atoms with E-state index in [4.69, 9.17) is 7.98 Å². The maximum Gasteiger partial charge on any atom is 0.234 e. The molecule has 0 spiro atoms. The Kier molecular flexibility index (Phi) is 3.00. The molecular weight excluding hydrogens is 193 g/mol. The Hall–Kier alpha value is -1.70. The molecule has 78 valence electrons. The minimum atomic E-state index is 1.04. The molecule has 0 amide bonds. The molecule has 1 nitrogen and oxygen atoms in total. The fraction of sp³-hybridized carbons (Fsp3) is 0.143. The molecule has 0 bridgehead atoms. The van der Waals surface area contributed by atoms with Crippen molar-refractivity contribution in [2.24, 2.45) is 0 Å². The van der Waals surface area contributed by atoms with Gasteiger partial charge in [-0.3, -0.25) is 0 Å². The van der Waals surface area contributed by atoms with Crippen molar-refractivity contribution in [3.05, 3.63) is 59.7 Å². The van der Waals surface area contributed by atoms with Crippen molar-refractivity contribution in [3.63, 3.8) is 0 Å². The van der Waals surface area contributed by atoms with E-state index in [2.05, 4.69) is 26.0 Å². The van der Waals surface area contributed by atoms with E-state index in [0.29, 0.717) is 0 Å². The quantitative estimate of drug-likeness (QED) is 0.681. The lowest BCUT2D eigenvalue weighted by Gasteiger charge is -2.24. The fourth-order valence-electron chi connectivity index (χ4n) is 1.80. The van der Waals surface area contributed by atoms with Crippen molar-refractivity contribution in [1.29, 1.82) is 0 Å². The van der Waals surface area contributed by atoms with E-state index in [1.165, 1.54) is 11.1 Å². The minimum absolute atomic E-state index is 1.04. The molecule has 0 aromatic heterocycles. The van der Waals surface area contributed by atoms with Crippen LogP contribution in [0, 0.1) is 13.8 Å². The van der Waals surface area contributed by atoms with Gasteiger partial charge in [-0.25, -0.2) is 0 Å². The predicted molar refractivity (Wildman–Crippen MR) is 70.3 cm³/mol. The maximum absolute atomic E-state index is 6.15. The molecule has 16 heavy (non-hydrogen) atoms. The van der Waals surface area contributed by atoms with Crippen molar-refractivity contribution >= 4 is 19.4 Å². The molecule has 0 fully saturated rings. The third-order valence-electron chi connectivity index (χ3n) is 2.75. The molecule has 0 saturated heterocycles. The van der Waals surface area contributed by atoms with E-state index in [-0.39, 0.29) is 0 Å². The molecule has 0 N–H and O–H groups in total. The van der Waals surface area contributed by atoms with E-state index in [1.807, 2.05) is 36.4 Å². The van der Waals surface area contributed by atoms with Crippen molar-refractivity contribution in [3.8, 4) is 0 Å². The number of hydrogen-bond acceptors (Lipinski definition) is 1. The van der Waals surface area contributed by atoms with Gasteiger partial charge in [0.2, 0.25) is 7.98 Å². The molecule has 0 aliphatic heterocycles. The highest BCUT2D eigenvalue weighted by molar-refractivity contribution is 6.22. The number of para-hydroxylation sites is 2. The highest BCUT2D eigenvalue weighted by atomic mass is 15.0. The molecule has 0 unspecified atom stereocenters. The SMILES string of the molecule is [B]N(c1ccccc1C)c1ccccc1C. The van der Waals surface area contributed by atoms with Crippen molar-refractivity contribution in [2.45, 2.75) is 13.8 Å². The summed E-state index contributed by atoms with van der Waals surface area (Å²) in [6, 6.07) is 16.2. The summed E-state index contributed by atoms with van der Waals surface area (Å²) in [4.78, 5) is 1.74.